The van der Waals surface area contributed by atoms with Crippen molar-refractivity contribution < 1.29 is 4.39 Å². The first-order chi connectivity index (χ1) is 7.12. The van der Waals surface area contributed by atoms with Gasteiger partial charge in [0, 0.05) is 11.8 Å². The van der Waals surface area contributed by atoms with Crippen LogP contribution in [0.5, 0.6) is 0 Å². The monoisotopic (exact) mass is 225 g/mol. The van der Waals surface area contributed by atoms with Crippen LogP contribution in [0.15, 0.2) is 24.3 Å². The summed E-state index contributed by atoms with van der Waals surface area (Å²) in [4.78, 5) is 0. The number of halogens is 1. The summed E-state index contributed by atoms with van der Waals surface area (Å²) in [6, 6.07) is 7.65. The molecule has 1 saturated heterocycles. The Kier molecular flexibility index (Phi) is 3.03. The Labute approximate surface area is 94.2 Å². The van der Waals surface area contributed by atoms with Crippen molar-refractivity contribution in [2.45, 2.75) is 25.1 Å². The topological polar surface area (TPSA) is 26.0 Å². The normalized spacial score (nSPS) is 27.9. The molecule has 0 radical (unpaired) electrons. The number of thioether (sulfide) groups is 1. The van der Waals surface area contributed by atoms with Gasteiger partial charge in [0.25, 0.3) is 0 Å². The quantitative estimate of drug-likeness (QED) is 0.837. The minimum absolute atomic E-state index is 0.0209. The molecule has 0 aromatic heterocycles. The maximum atomic E-state index is 14.3. The van der Waals surface area contributed by atoms with Gasteiger partial charge in [0.1, 0.15) is 5.67 Å². The molecular weight excluding hydrogens is 209 g/mol. The van der Waals surface area contributed by atoms with Crippen LogP contribution in [0.25, 0.3) is 0 Å². The summed E-state index contributed by atoms with van der Waals surface area (Å²) < 4.78 is 14.3. The molecule has 1 heterocycles. The van der Waals surface area contributed by atoms with Crippen LogP contribution >= 0.6 is 11.8 Å². The molecule has 0 spiro atoms. The number of alkyl halides is 1. The van der Waals surface area contributed by atoms with Crippen molar-refractivity contribution in [3.8, 4) is 0 Å². The van der Waals surface area contributed by atoms with Crippen LogP contribution in [0.2, 0.25) is 0 Å². The average Bonchev–Trinajstić information content (AvgIpc) is 2.67. The maximum Gasteiger partial charge on any atom is 0.145 e. The van der Waals surface area contributed by atoms with Gasteiger partial charge in [-0.1, -0.05) is 24.3 Å². The third-order valence-electron chi connectivity index (χ3n) is 2.93. The van der Waals surface area contributed by atoms with E-state index in [0.717, 1.165) is 16.9 Å². The summed E-state index contributed by atoms with van der Waals surface area (Å²) in [6.45, 7) is 1.94. The molecule has 0 amide bonds. The van der Waals surface area contributed by atoms with Crippen molar-refractivity contribution in [1.82, 2.24) is 0 Å². The van der Waals surface area contributed by atoms with E-state index < -0.39 is 5.67 Å². The first kappa shape index (κ1) is 11.0. The lowest BCUT2D eigenvalue weighted by Crippen LogP contribution is -2.19. The molecule has 3 heteroatoms. The first-order valence-electron chi connectivity index (χ1n) is 5.24. The highest BCUT2D eigenvalue weighted by Crippen LogP contribution is 2.40. The largest absolute Gasteiger partial charge is 0.324 e. The number of benzene rings is 1. The Morgan fingerprint density at radius 1 is 1.40 bits per heavy atom. The molecule has 1 aromatic carbocycles. The van der Waals surface area contributed by atoms with Gasteiger partial charge in [-0.05, 0) is 30.2 Å². The van der Waals surface area contributed by atoms with E-state index in [0.29, 0.717) is 12.2 Å². The van der Waals surface area contributed by atoms with Gasteiger partial charge >= 0.3 is 0 Å². The number of rotatable bonds is 2. The van der Waals surface area contributed by atoms with Crippen LogP contribution in [0.3, 0.4) is 0 Å². The zero-order valence-electron chi connectivity index (χ0n) is 8.87. The van der Waals surface area contributed by atoms with Gasteiger partial charge in [-0.2, -0.15) is 11.8 Å². The second-order valence-electron chi connectivity index (χ2n) is 4.18. The summed E-state index contributed by atoms with van der Waals surface area (Å²) in [6.07, 6.45) is 0.634. The third kappa shape index (κ3) is 2.18. The Balaban J connectivity index is 2.23. The molecule has 82 valence electrons. The van der Waals surface area contributed by atoms with Crippen molar-refractivity contribution >= 4 is 11.8 Å². The summed E-state index contributed by atoms with van der Waals surface area (Å²) in [5.74, 6) is 1.51. The highest BCUT2D eigenvalue weighted by molar-refractivity contribution is 7.99. The molecule has 2 atom stereocenters. The van der Waals surface area contributed by atoms with Gasteiger partial charge in [0.15, 0.2) is 0 Å². The molecule has 1 aliphatic heterocycles. The molecule has 2 unspecified atom stereocenters. The average molecular weight is 225 g/mol. The van der Waals surface area contributed by atoms with Crippen molar-refractivity contribution in [3.05, 3.63) is 35.4 Å². The Morgan fingerprint density at radius 3 is 2.53 bits per heavy atom. The van der Waals surface area contributed by atoms with Crippen LogP contribution in [-0.4, -0.2) is 11.5 Å². The number of hydrogen-bond acceptors (Lipinski definition) is 2. The van der Waals surface area contributed by atoms with E-state index >= 15 is 0 Å². The summed E-state index contributed by atoms with van der Waals surface area (Å²) >= 11 is 1.69. The van der Waals surface area contributed by atoms with Crippen molar-refractivity contribution in [1.29, 1.82) is 0 Å². The van der Waals surface area contributed by atoms with Crippen LogP contribution in [0.1, 0.15) is 30.5 Å². The molecule has 2 N–H and O–H groups in total. The summed E-state index contributed by atoms with van der Waals surface area (Å²) in [7, 11) is 0. The van der Waals surface area contributed by atoms with Crippen LogP contribution < -0.4 is 5.73 Å². The van der Waals surface area contributed by atoms with Crippen LogP contribution in [-0.2, 0) is 5.67 Å². The minimum atomic E-state index is -1.11. The number of hydrogen-bond donors (Lipinski definition) is 1. The first-order valence-corrected chi connectivity index (χ1v) is 6.40. The summed E-state index contributed by atoms with van der Waals surface area (Å²) in [5, 5.41) is 0. The van der Waals surface area contributed by atoms with Crippen LogP contribution in [0.4, 0.5) is 4.39 Å². The van der Waals surface area contributed by atoms with E-state index in [-0.39, 0.29) is 6.04 Å². The minimum Gasteiger partial charge on any atom is -0.324 e. The molecule has 0 saturated carbocycles. The predicted molar refractivity (Wildman–Crippen MR) is 63.8 cm³/mol. The highest BCUT2D eigenvalue weighted by atomic mass is 32.2. The number of nitrogens with two attached hydrogens (primary N) is 1. The lowest BCUT2D eigenvalue weighted by atomic mass is 9.93. The molecule has 0 bridgehead atoms. The van der Waals surface area contributed by atoms with Gasteiger partial charge in [0.05, 0.1) is 0 Å². The maximum absolute atomic E-state index is 14.3. The van der Waals surface area contributed by atoms with E-state index in [4.69, 9.17) is 5.73 Å². The van der Waals surface area contributed by atoms with E-state index in [9.17, 15) is 4.39 Å². The molecule has 1 aliphatic rings. The fourth-order valence-electron chi connectivity index (χ4n) is 1.85. The molecule has 0 aliphatic carbocycles. The second-order valence-corrected chi connectivity index (χ2v) is 5.28. The standard InChI is InChI=1S/C12H16FNS/c1-9(14)10-2-4-11(5-3-10)12(13)6-7-15-8-12/h2-5,9H,6-8,14H2,1H3. The molecule has 15 heavy (non-hydrogen) atoms. The third-order valence-corrected chi connectivity index (χ3v) is 4.08. The smallest absolute Gasteiger partial charge is 0.145 e. The highest BCUT2D eigenvalue weighted by Gasteiger charge is 2.35. The Hall–Kier alpha value is -0.540. The van der Waals surface area contributed by atoms with Crippen molar-refractivity contribution in [2.24, 2.45) is 5.73 Å². The molecule has 1 aromatic rings. The zero-order valence-corrected chi connectivity index (χ0v) is 9.69. The SMILES string of the molecule is CC(N)c1ccc(C2(F)CCSC2)cc1. The zero-order chi connectivity index (χ0) is 10.9. The van der Waals surface area contributed by atoms with E-state index in [1.165, 1.54) is 0 Å². The van der Waals surface area contributed by atoms with Crippen molar-refractivity contribution in [2.75, 3.05) is 11.5 Å². The molecular formula is C12H16FNS. The second kappa shape index (κ2) is 4.14. The van der Waals surface area contributed by atoms with Crippen LogP contribution in [0, 0.1) is 0 Å². The van der Waals surface area contributed by atoms with E-state index in [1.807, 2.05) is 31.2 Å². The predicted octanol–water partition coefficient (Wildman–Crippen LogP) is 3.01. The fourth-order valence-corrected chi connectivity index (χ4v) is 3.10. The van der Waals surface area contributed by atoms with Crippen molar-refractivity contribution in [3.63, 3.8) is 0 Å². The Bertz CT molecular complexity index is 328. The van der Waals surface area contributed by atoms with E-state index in [1.54, 1.807) is 11.8 Å². The molecule has 1 fully saturated rings. The van der Waals surface area contributed by atoms with Gasteiger partial charge < -0.3 is 5.73 Å². The van der Waals surface area contributed by atoms with Gasteiger partial charge in [-0.3, -0.25) is 0 Å². The lowest BCUT2D eigenvalue weighted by molar-refractivity contribution is 0.202. The van der Waals surface area contributed by atoms with Gasteiger partial charge in [-0.15, -0.1) is 0 Å². The molecule has 1 nitrogen and oxygen atoms in total. The van der Waals surface area contributed by atoms with Gasteiger partial charge in [0.2, 0.25) is 0 Å². The lowest BCUT2D eigenvalue weighted by Gasteiger charge is -2.19. The fraction of sp³-hybridized carbons (Fsp3) is 0.500. The molecule has 2 rings (SSSR count). The summed E-state index contributed by atoms with van der Waals surface area (Å²) in [5.41, 5.74) is 6.51. The Morgan fingerprint density at radius 2 is 2.07 bits per heavy atom. The van der Waals surface area contributed by atoms with Gasteiger partial charge in [-0.25, -0.2) is 4.39 Å². The van der Waals surface area contributed by atoms with E-state index in [2.05, 4.69) is 0 Å².